The summed E-state index contributed by atoms with van der Waals surface area (Å²) < 4.78 is 38.3. The van der Waals surface area contributed by atoms with Crippen LogP contribution < -0.4 is 34.8 Å². The quantitative estimate of drug-likeness (QED) is 0.0737. The molecule has 2 aliphatic heterocycles. The van der Waals surface area contributed by atoms with E-state index in [-0.39, 0.29) is 55.1 Å². The molecule has 56 heavy (non-hydrogen) atoms. The summed E-state index contributed by atoms with van der Waals surface area (Å²) in [6.45, 7) is 12.7. The number of hydrogen-bond donors (Lipinski definition) is 0. The maximum absolute atomic E-state index is 12.9. The molecule has 0 N–H and O–H groups in total. The molecule has 3 nitrogen and oxygen atoms in total. The monoisotopic (exact) mass is 962 g/mol. The summed E-state index contributed by atoms with van der Waals surface area (Å²) in [7, 11) is 0. The summed E-state index contributed by atoms with van der Waals surface area (Å²) in [6.07, 6.45) is 5.35. The topological polar surface area (TPSA) is 35.5 Å². The van der Waals surface area contributed by atoms with Crippen LogP contribution in [0.1, 0.15) is 68.8 Å². The second-order valence-electron chi connectivity index (χ2n) is 13.6. The molecule has 10 heteroatoms. The average molecular weight is 966 g/mol. The molecular formula is C46H49Br3F2LiO3P. The van der Waals surface area contributed by atoms with Gasteiger partial charge in [0.15, 0.2) is 5.78 Å². The number of rotatable bonds is 6. The molecule has 2 aliphatic rings. The van der Waals surface area contributed by atoms with E-state index in [1.807, 2.05) is 0 Å². The minimum absolute atomic E-state index is 0. The first-order valence-corrected chi connectivity index (χ1v) is 24.7. The molecule has 0 radical (unpaired) electrons. The molecule has 0 aromatic heterocycles. The van der Waals surface area contributed by atoms with Crippen LogP contribution in [0.25, 0.3) is 0 Å². The van der Waals surface area contributed by atoms with E-state index < -0.39 is 5.31 Å². The van der Waals surface area contributed by atoms with E-state index >= 15 is 0 Å². The van der Waals surface area contributed by atoms with Crippen molar-refractivity contribution in [3.05, 3.63) is 178 Å². The minimum atomic E-state index is -2.56. The predicted octanol–water partition coefficient (Wildman–Crippen LogP) is 10.1. The number of hydrogen-bond acceptors (Lipinski definition) is 3. The Morgan fingerprint density at radius 3 is 1.38 bits per heavy atom. The van der Waals surface area contributed by atoms with Gasteiger partial charge >= 0.3 is 153 Å². The summed E-state index contributed by atoms with van der Waals surface area (Å²) in [6, 6.07) is 41.5. The molecule has 2 unspecified atom stereocenters. The number of unbranched alkanes of at least 4 members (excludes halogenated alkanes) is 1. The largest absolute Gasteiger partial charge is 1.00 e. The van der Waals surface area contributed by atoms with Gasteiger partial charge in [-0.1, -0.05) is 69.5 Å². The molecule has 0 spiro atoms. The van der Waals surface area contributed by atoms with E-state index in [9.17, 15) is 13.6 Å². The van der Waals surface area contributed by atoms with Crippen LogP contribution in [-0.2, 0) is 14.3 Å². The first-order chi connectivity index (χ1) is 26.4. The van der Waals surface area contributed by atoms with Crippen molar-refractivity contribution in [3.8, 4) is 0 Å². The van der Waals surface area contributed by atoms with Gasteiger partial charge in [-0.25, -0.2) is 8.78 Å². The third-order valence-corrected chi connectivity index (χ3v) is 19.1. The van der Waals surface area contributed by atoms with Crippen molar-refractivity contribution in [2.45, 2.75) is 57.7 Å². The van der Waals surface area contributed by atoms with Gasteiger partial charge < -0.3 is 16.4 Å². The van der Waals surface area contributed by atoms with Crippen molar-refractivity contribution in [1.82, 2.24) is 0 Å². The molecule has 2 fully saturated rings. The molecule has 2 saturated heterocycles. The third-order valence-electron chi connectivity index (χ3n) is 9.46. The molecule has 7 rings (SSSR count). The Hall–Kier alpha value is -2.24. The van der Waals surface area contributed by atoms with Crippen LogP contribution in [0.2, 0.25) is 0 Å². The van der Waals surface area contributed by atoms with Gasteiger partial charge in [0.1, 0.15) is 18.2 Å². The first-order valence-electron chi connectivity index (χ1n) is 18.4. The third kappa shape index (κ3) is 13.1. The number of halogens is 5. The SMILES string of the molecule is C=C1CCC(c2ccc(F)cc2Br)OC1.CP(Br)(c1ccccc1)(c1ccccc1)c1ccccc1.O=C1CCC(c2ccc(F)cc2Br)OC1.[CH2-]CCC.[Li+]. The fourth-order valence-corrected chi connectivity index (χ4v) is 13.0. The number of carbonyl (C=O) groups is 1. The molecule has 5 aromatic rings. The summed E-state index contributed by atoms with van der Waals surface area (Å²) in [5.74, 6) is -0.382. The van der Waals surface area contributed by atoms with Crippen molar-refractivity contribution in [1.29, 1.82) is 0 Å². The van der Waals surface area contributed by atoms with Crippen molar-refractivity contribution in [3.63, 3.8) is 0 Å². The fourth-order valence-electron chi connectivity index (χ4n) is 6.16. The molecule has 2 heterocycles. The molecule has 2 atom stereocenters. The van der Waals surface area contributed by atoms with Gasteiger partial charge in [-0.05, 0) is 54.7 Å². The zero-order valence-electron chi connectivity index (χ0n) is 32.4. The Kier molecular flexibility index (Phi) is 20.1. The van der Waals surface area contributed by atoms with Crippen molar-refractivity contribution in [2.24, 2.45) is 0 Å². The molecule has 0 bridgehead atoms. The van der Waals surface area contributed by atoms with Gasteiger partial charge in [-0.2, -0.15) is 6.42 Å². The normalized spacial score (nSPS) is 17.2. The maximum atomic E-state index is 12.9. The van der Waals surface area contributed by atoms with E-state index in [0.29, 0.717) is 23.9 Å². The van der Waals surface area contributed by atoms with Crippen LogP contribution in [0.15, 0.2) is 148 Å². The van der Waals surface area contributed by atoms with Crippen LogP contribution in [0.5, 0.6) is 0 Å². The van der Waals surface area contributed by atoms with E-state index in [2.05, 4.69) is 165 Å². The second-order valence-corrected chi connectivity index (χ2v) is 25.0. The van der Waals surface area contributed by atoms with Gasteiger partial charge in [-0.15, -0.1) is 0 Å². The van der Waals surface area contributed by atoms with Crippen molar-refractivity contribution < 1.29 is 41.9 Å². The maximum Gasteiger partial charge on any atom is 1.00 e. The van der Waals surface area contributed by atoms with E-state index in [0.717, 1.165) is 40.4 Å². The Labute approximate surface area is 369 Å². The van der Waals surface area contributed by atoms with E-state index in [4.69, 9.17) is 9.47 Å². The zero-order valence-corrected chi connectivity index (χ0v) is 38.1. The van der Waals surface area contributed by atoms with Gasteiger partial charge in [0.05, 0.1) is 18.8 Å². The average Bonchev–Trinajstić information content (AvgIpc) is 3.21. The van der Waals surface area contributed by atoms with Gasteiger partial charge in [0.25, 0.3) is 0 Å². The van der Waals surface area contributed by atoms with Crippen molar-refractivity contribution in [2.75, 3.05) is 19.9 Å². The number of carbonyl (C=O) groups excluding carboxylic acids is 1. The van der Waals surface area contributed by atoms with Crippen LogP contribution in [-0.4, -0.2) is 25.7 Å². The number of ether oxygens (including phenoxy) is 2. The molecule has 0 aliphatic carbocycles. The Morgan fingerprint density at radius 1 is 0.696 bits per heavy atom. The summed E-state index contributed by atoms with van der Waals surface area (Å²) in [5, 5.41) is 1.48. The first kappa shape index (κ1) is 48.1. The number of benzene rings is 5. The Morgan fingerprint density at radius 2 is 1.07 bits per heavy atom. The van der Waals surface area contributed by atoms with Gasteiger partial charge in [-0.3, -0.25) is 4.79 Å². The molecule has 0 saturated carbocycles. The zero-order chi connectivity index (χ0) is 39.9. The summed E-state index contributed by atoms with van der Waals surface area (Å²) >= 11 is 10.9. The smallest absolute Gasteiger partial charge is 0.366 e. The standard InChI is InChI=1S/C19H18BrP.C12H12BrFO.C11H10BrFO2.C4H9.Li/c1-21(20,17-11-5-2-6-12-17,18-13-7-3-8-14-18)19-15-9-4-10-16-19;1-8-2-5-12(15-7-8)10-4-3-9(14)6-11(10)13;12-10-5-7(13)1-3-9(10)11-4-2-8(14)6-15-11;1-3-4-2;/h2-16H,1H3;3-4,6,12H,1-2,5,7H2;1,3,5,11H,2,4,6H2;1,3-4H2,2H3;/q;;;-1;+1. The molecule has 292 valence electrons. The number of ketones is 1. The van der Waals surface area contributed by atoms with E-state index in [1.165, 1.54) is 46.6 Å². The van der Waals surface area contributed by atoms with Gasteiger partial charge in [0.2, 0.25) is 0 Å². The van der Waals surface area contributed by atoms with Crippen LogP contribution in [0, 0.1) is 18.6 Å². The van der Waals surface area contributed by atoms with Crippen LogP contribution >= 0.6 is 52.7 Å². The van der Waals surface area contributed by atoms with Crippen LogP contribution in [0.4, 0.5) is 8.78 Å². The minimum Gasteiger partial charge on any atom is -0.366 e. The fraction of sp³-hybridized carbons (Fsp3) is 0.261. The Balaban J connectivity index is 0.000000217. The molecular weight excluding hydrogens is 916 g/mol. The van der Waals surface area contributed by atoms with E-state index in [1.54, 1.807) is 12.1 Å². The van der Waals surface area contributed by atoms with Crippen LogP contribution in [0.3, 0.4) is 0 Å². The molecule has 5 aromatic carbocycles. The van der Waals surface area contributed by atoms with Gasteiger partial charge in [0, 0.05) is 15.4 Å². The van der Waals surface area contributed by atoms with Crippen molar-refractivity contribution >= 4 is 74.4 Å². The second kappa shape index (κ2) is 23.4. The number of Topliss-reactive ketones (excluding diaryl/α,β-unsaturated/α-hetero) is 1. The Bertz CT molecular complexity index is 1780. The molecule has 0 amide bonds. The summed E-state index contributed by atoms with van der Waals surface area (Å²) in [5.41, 5.74) is 3.05. The predicted molar refractivity (Wildman–Crippen MR) is 238 cm³/mol. The summed E-state index contributed by atoms with van der Waals surface area (Å²) in [4.78, 5) is 11.0.